The highest BCUT2D eigenvalue weighted by atomic mass is 32.2. The number of benzene rings is 3. The maximum atomic E-state index is 11.9. The summed E-state index contributed by atoms with van der Waals surface area (Å²) in [5.41, 5.74) is 4.34. The SMILES string of the molecule is CCn1c2ccccc2c2cc(-c3nc4cc(OC(=O)O)ccc4n3CCS(C)(=O)=O)ccc21. The molecular weight excluding hydrogens is 454 g/mol. The number of aromatic nitrogens is 3. The minimum absolute atomic E-state index is 0.0454. The van der Waals surface area contributed by atoms with Crippen molar-refractivity contribution in [3.8, 4) is 17.1 Å². The maximum Gasteiger partial charge on any atom is 0.511 e. The van der Waals surface area contributed by atoms with Gasteiger partial charge in [-0.2, -0.15) is 0 Å². The van der Waals surface area contributed by atoms with Crippen LogP contribution in [0.2, 0.25) is 0 Å². The van der Waals surface area contributed by atoms with Crippen molar-refractivity contribution in [2.45, 2.75) is 20.0 Å². The standard InChI is InChI=1S/C25H23N3O5S/c1-3-27-21-7-5-4-6-18(21)19-14-16(8-10-22(19)27)24-26-20-15-17(33-25(29)30)9-11-23(20)28(24)12-13-34(2,31)32/h4-11,14-15H,3,12-13H2,1-2H3,(H,29,30). The van der Waals surface area contributed by atoms with Crippen LogP contribution in [0.4, 0.5) is 4.79 Å². The first-order valence-electron chi connectivity index (χ1n) is 10.9. The number of sulfone groups is 1. The van der Waals surface area contributed by atoms with Crippen molar-refractivity contribution in [1.82, 2.24) is 14.1 Å². The summed E-state index contributed by atoms with van der Waals surface area (Å²) in [6, 6.07) is 19.1. The van der Waals surface area contributed by atoms with E-state index in [2.05, 4.69) is 35.8 Å². The summed E-state index contributed by atoms with van der Waals surface area (Å²) in [5, 5.41) is 11.2. The Morgan fingerprint density at radius 2 is 1.71 bits per heavy atom. The lowest BCUT2D eigenvalue weighted by molar-refractivity contribution is 0.144. The van der Waals surface area contributed by atoms with Crippen LogP contribution in [0.15, 0.2) is 60.7 Å². The van der Waals surface area contributed by atoms with Crippen molar-refractivity contribution in [2.24, 2.45) is 0 Å². The largest absolute Gasteiger partial charge is 0.511 e. The van der Waals surface area contributed by atoms with Crippen LogP contribution in [0.5, 0.6) is 5.75 Å². The lowest BCUT2D eigenvalue weighted by Crippen LogP contribution is -2.12. The number of carbonyl (C=O) groups is 1. The van der Waals surface area contributed by atoms with Crippen molar-refractivity contribution in [3.05, 3.63) is 60.7 Å². The van der Waals surface area contributed by atoms with Gasteiger partial charge in [0.2, 0.25) is 0 Å². The number of para-hydroxylation sites is 1. The molecule has 0 aliphatic carbocycles. The normalized spacial score (nSPS) is 12.1. The van der Waals surface area contributed by atoms with Gasteiger partial charge < -0.3 is 19.0 Å². The number of hydrogen-bond donors (Lipinski definition) is 1. The Morgan fingerprint density at radius 3 is 2.44 bits per heavy atom. The van der Waals surface area contributed by atoms with Crippen molar-refractivity contribution in [1.29, 1.82) is 0 Å². The molecule has 0 spiro atoms. The molecule has 0 atom stereocenters. The van der Waals surface area contributed by atoms with E-state index in [4.69, 9.17) is 14.8 Å². The topological polar surface area (TPSA) is 103 Å². The molecule has 2 aromatic heterocycles. The monoisotopic (exact) mass is 477 g/mol. The number of hydrogen-bond acceptors (Lipinski definition) is 5. The lowest BCUT2D eigenvalue weighted by Gasteiger charge is -2.10. The first-order valence-corrected chi connectivity index (χ1v) is 12.9. The van der Waals surface area contributed by atoms with E-state index in [1.165, 1.54) is 12.3 Å². The van der Waals surface area contributed by atoms with Crippen LogP contribution in [0.3, 0.4) is 0 Å². The molecular formula is C25H23N3O5S. The molecule has 174 valence electrons. The van der Waals surface area contributed by atoms with Gasteiger partial charge >= 0.3 is 6.16 Å². The van der Waals surface area contributed by atoms with Crippen LogP contribution in [-0.2, 0) is 22.9 Å². The molecule has 5 aromatic rings. The molecule has 0 aliphatic heterocycles. The Bertz CT molecular complexity index is 1680. The number of rotatable bonds is 6. The van der Waals surface area contributed by atoms with Crippen LogP contribution in [0.1, 0.15) is 6.92 Å². The predicted molar refractivity (Wildman–Crippen MR) is 132 cm³/mol. The second-order valence-corrected chi connectivity index (χ2v) is 10.5. The van der Waals surface area contributed by atoms with Gasteiger partial charge in [0, 0.05) is 52.8 Å². The molecule has 8 nitrogen and oxygen atoms in total. The third-order valence-corrected chi connectivity index (χ3v) is 6.88. The molecule has 0 saturated carbocycles. The highest BCUT2D eigenvalue weighted by molar-refractivity contribution is 7.90. The van der Waals surface area contributed by atoms with Gasteiger partial charge in [0.1, 0.15) is 21.4 Å². The Labute approximate surface area is 195 Å². The summed E-state index contributed by atoms with van der Waals surface area (Å²) >= 11 is 0. The van der Waals surface area contributed by atoms with E-state index in [0.29, 0.717) is 16.9 Å². The number of fused-ring (bicyclic) bond motifs is 4. The van der Waals surface area contributed by atoms with Crippen LogP contribution in [0.25, 0.3) is 44.2 Å². The van der Waals surface area contributed by atoms with E-state index in [-0.39, 0.29) is 18.0 Å². The summed E-state index contributed by atoms with van der Waals surface area (Å²) in [4.78, 5) is 15.7. The Kier molecular flexibility index (Phi) is 5.28. The van der Waals surface area contributed by atoms with Crippen LogP contribution in [-0.4, -0.2) is 45.8 Å². The Hall–Kier alpha value is -3.85. The average molecular weight is 478 g/mol. The molecule has 0 unspecified atom stereocenters. The lowest BCUT2D eigenvalue weighted by atomic mass is 10.1. The average Bonchev–Trinajstić information content (AvgIpc) is 3.31. The maximum absolute atomic E-state index is 11.9. The predicted octanol–water partition coefficient (Wildman–Crippen LogP) is 4.93. The number of imidazole rings is 1. The molecule has 2 heterocycles. The molecule has 5 rings (SSSR count). The van der Waals surface area contributed by atoms with Crippen LogP contribution < -0.4 is 4.74 Å². The zero-order chi connectivity index (χ0) is 24.0. The number of aryl methyl sites for hydroxylation is 2. The third kappa shape index (κ3) is 3.88. The van der Waals surface area contributed by atoms with Gasteiger partial charge in [-0.05, 0) is 43.3 Å². The minimum Gasteiger partial charge on any atom is -0.449 e. The van der Waals surface area contributed by atoms with Crippen LogP contribution in [0, 0.1) is 0 Å². The van der Waals surface area contributed by atoms with Gasteiger partial charge in [0.15, 0.2) is 0 Å². The fraction of sp³-hybridized carbons (Fsp3) is 0.200. The molecule has 0 radical (unpaired) electrons. The first kappa shape index (κ1) is 22.0. The number of ether oxygens (including phenoxy) is 1. The first-order chi connectivity index (χ1) is 16.2. The van der Waals surface area contributed by atoms with Gasteiger partial charge in [-0.3, -0.25) is 0 Å². The molecule has 1 N–H and O–H groups in total. The van der Waals surface area contributed by atoms with E-state index in [0.717, 1.165) is 33.9 Å². The molecule has 0 fully saturated rings. The van der Waals surface area contributed by atoms with E-state index < -0.39 is 16.0 Å². The second-order valence-electron chi connectivity index (χ2n) is 8.23. The van der Waals surface area contributed by atoms with Gasteiger partial charge in [-0.25, -0.2) is 18.2 Å². The fourth-order valence-corrected chi connectivity index (χ4v) is 5.03. The molecule has 0 saturated heterocycles. The molecule has 3 aromatic carbocycles. The summed E-state index contributed by atoms with van der Waals surface area (Å²) in [7, 11) is -3.21. The summed E-state index contributed by atoms with van der Waals surface area (Å²) < 4.78 is 32.7. The Morgan fingerprint density at radius 1 is 0.971 bits per heavy atom. The second kappa shape index (κ2) is 8.18. The molecule has 34 heavy (non-hydrogen) atoms. The van der Waals surface area contributed by atoms with E-state index in [9.17, 15) is 13.2 Å². The van der Waals surface area contributed by atoms with Crippen molar-refractivity contribution in [3.63, 3.8) is 0 Å². The Balaban J connectivity index is 1.72. The van der Waals surface area contributed by atoms with Crippen molar-refractivity contribution < 1.29 is 23.1 Å². The highest BCUT2D eigenvalue weighted by Gasteiger charge is 2.18. The number of nitrogens with zero attached hydrogens (tertiary/aromatic N) is 3. The van der Waals surface area contributed by atoms with Gasteiger partial charge in [-0.15, -0.1) is 0 Å². The highest BCUT2D eigenvalue weighted by Crippen LogP contribution is 2.34. The number of carboxylic acid groups (broad SMARTS) is 1. The molecule has 0 amide bonds. The van der Waals surface area contributed by atoms with E-state index >= 15 is 0 Å². The molecule has 9 heteroatoms. The quantitative estimate of drug-likeness (QED) is 0.275. The van der Waals surface area contributed by atoms with E-state index in [1.54, 1.807) is 12.1 Å². The zero-order valence-corrected chi connectivity index (χ0v) is 19.5. The zero-order valence-electron chi connectivity index (χ0n) is 18.7. The van der Waals surface area contributed by atoms with Gasteiger partial charge in [-0.1, -0.05) is 18.2 Å². The van der Waals surface area contributed by atoms with E-state index in [1.807, 2.05) is 22.8 Å². The summed E-state index contributed by atoms with van der Waals surface area (Å²) in [6.07, 6.45) is -0.204. The summed E-state index contributed by atoms with van der Waals surface area (Å²) in [5.74, 6) is 0.720. The van der Waals surface area contributed by atoms with Crippen LogP contribution >= 0.6 is 0 Å². The fourth-order valence-electron chi connectivity index (χ4n) is 4.51. The molecule has 0 aliphatic rings. The summed E-state index contributed by atoms with van der Waals surface area (Å²) in [6.45, 7) is 3.17. The van der Waals surface area contributed by atoms with Gasteiger partial charge in [0.05, 0.1) is 16.8 Å². The minimum atomic E-state index is -3.21. The van der Waals surface area contributed by atoms with Gasteiger partial charge in [0.25, 0.3) is 0 Å². The van der Waals surface area contributed by atoms with Crippen molar-refractivity contribution >= 4 is 48.8 Å². The van der Waals surface area contributed by atoms with Crippen molar-refractivity contribution in [2.75, 3.05) is 12.0 Å². The molecule has 0 bridgehead atoms. The third-order valence-electron chi connectivity index (χ3n) is 5.96. The smallest absolute Gasteiger partial charge is 0.449 e.